The predicted octanol–water partition coefficient (Wildman–Crippen LogP) is 2.33. The van der Waals surface area contributed by atoms with E-state index in [0.29, 0.717) is 5.92 Å². The average molecular weight is 512 g/mol. The van der Waals surface area contributed by atoms with Crippen molar-refractivity contribution in [2.45, 2.75) is 26.6 Å². The second-order valence-electron chi connectivity index (χ2n) is 7.30. The van der Waals surface area contributed by atoms with Crippen LogP contribution in [0.3, 0.4) is 0 Å². The summed E-state index contributed by atoms with van der Waals surface area (Å²) in [5, 5.41) is 11.1. The number of morpholine rings is 1. The highest BCUT2D eigenvalue weighted by molar-refractivity contribution is 14.0. The van der Waals surface area contributed by atoms with Gasteiger partial charge in [-0.1, -0.05) is 31.2 Å². The lowest BCUT2D eigenvalue weighted by atomic mass is 10.1. The molecule has 0 spiro atoms. The summed E-state index contributed by atoms with van der Waals surface area (Å²) in [6.07, 6.45) is 3.81. The zero-order valence-corrected chi connectivity index (χ0v) is 19.7. The summed E-state index contributed by atoms with van der Waals surface area (Å²) in [6.45, 7) is 9.31. The molecule has 1 unspecified atom stereocenters. The van der Waals surface area contributed by atoms with Crippen LogP contribution in [0.15, 0.2) is 47.7 Å². The Bertz CT molecular complexity index is 731. The van der Waals surface area contributed by atoms with Crippen LogP contribution in [0.25, 0.3) is 0 Å². The highest BCUT2D eigenvalue weighted by atomic mass is 127. The molecule has 7 nitrogen and oxygen atoms in total. The van der Waals surface area contributed by atoms with Gasteiger partial charge in [-0.15, -0.1) is 24.0 Å². The molecule has 2 aromatic rings. The lowest BCUT2D eigenvalue weighted by Gasteiger charge is -2.27. The molecule has 29 heavy (non-hydrogen) atoms. The van der Waals surface area contributed by atoms with Crippen LogP contribution < -0.4 is 10.6 Å². The van der Waals surface area contributed by atoms with Gasteiger partial charge in [0.2, 0.25) is 0 Å². The molecule has 160 valence electrons. The van der Waals surface area contributed by atoms with Crippen LogP contribution in [0.5, 0.6) is 0 Å². The van der Waals surface area contributed by atoms with Crippen LogP contribution in [0, 0.1) is 5.92 Å². The fourth-order valence-electron chi connectivity index (χ4n) is 3.35. The van der Waals surface area contributed by atoms with Crippen LogP contribution in [-0.4, -0.2) is 60.5 Å². The Kier molecular flexibility index (Phi) is 10.4. The molecule has 2 N–H and O–H groups in total. The normalized spacial score (nSPS) is 16.1. The molecule has 0 radical (unpaired) electrons. The molecule has 1 fully saturated rings. The zero-order valence-electron chi connectivity index (χ0n) is 17.4. The van der Waals surface area contributed by atoms with E-state index >= 15 is 0 Å². The first-order chi connectivity index (χ1) is 13.7. The lowest BCUT2D eigenvalue weighted by molar-refractivity contribution is 0.0341. The van der Waals surface area contributed by atoms with E-state index in [9.17, 15) is 0 Å². The number of ether oxygens (including phenoxy) is 1. The Labute approximate surface area is 190 Å². The Morgan fingerprint density at radius 1 is 1.17 bits per heavy atom. The summed E-state index contributed by atoms with van der Waals surface area (Å²) in [5.74, 6) is 1.28. The maximum Gasteiger partial charge on any atom is 0.191 e. The van der Waals surface area contributed by atoms with E-state index in [1.165, 1.54) is 11.1 Å². The number of aliphatic imine (C=N–C) groups is 1. The SMILES string of the molecule is CN=C(NCc1ccccc1CN1CCOCC1)NCC(C)Cn1cccn1.I. The number of hydrogen-bond donors (Lipinski definition) is 2. The van der Waals surface area contributed by atoms with Gasteiger partial charge in [0.15, 0.2) is 5.96 Å². The smallest absolute Gasteiger partial charge is 0.191 e. The minimum Gasteiger partial charge on any atom is -0.379 e. The molecule has 1 aliphatic heterocycles. The standard InChI is InChI=1S/C21H32N6O.HI/c1-18(16-27-9-5-8-25-27)14-23-21(22-2)24-15-19-6-3-4-7-20(19)17-26-10-12-28-13-11-26;/h3-9,18H,10-17H2,1-2H3,(H2,22,23,24);1H. The Morgan fingerprint density at radius 3 is 2.62 bits per heavy atom. The van der Waals surface area contributed by atoms with Crippen LogP contribution in [0.2, 0.25) is 0 Å². The Morgan fingerprint density at radius 2 is 1.93 bits per heavy atom. The van der Waals surface area contributed by atoms with Crippen LogP contribution in [0.4, 0.5) is 0 Å². The predicted molar refractivity (Wildman–Crippen MR) is 128 cm³/mol. The molecule has 8 heteroatoms. The fourth-order valence-corrected chi connectivity index (χ4v) is 3.35. The molecule has 1 saturated heterocycles. The highest BCUT2D eigenvalue weighted by Crippen LogP contribution is 2.13. The van der Waals surface area contributed by atoms with Crippen molar-refractivity contribution in [3.63, 3.8) is 0 Å². The second-order valence-corrected chi connectivity index (χ2v) is 7.30. The summed E-state index contributed by atoms with van der Waals surface area (Å²) in [4.78, 5) is 6.81. The number of hydrogen-bond acceptors (Lipinski definition) is 4. The van der Waals surface area contributed by atoms with Crippen molar-refractivity contribution in [3.8, 4) is 0 Å². The van der Waals surface area contributed by atoms with E-state index in [-0.39, 0.29) is 24.0 Å². The summed E-state index contributed by atoms with van der Waals surface area (Å²) in [5.41, 5.74) is 2.67. The molecule has 3 rings (SSSR count). The quantitative estimate of drug-likeness (QED) is 0.323. The van der Waals surface area contributed by atoms with Crippen LogP contribution in [-0.2, 0) is 24.4 Å². The van der Waals surface area contributed by atoms with Crippen LogP contribution in [0.1, 0.15) is 18.1 Å². The number of guanidine groups is 1. The van der Waals surface area contributed by atoms with Gasteiger partial charge in [-0.05, 0) is 23.1 Å². The minimum atomic E-state index is 0. The monoisotopic (exact) mass is 512 g/mol. The summed E-state index contributed by atoms with van der Waals surface area (Å²) in [6, 6.07) is 10.6. The second kappa shape index (κ2) is 12.8. The van der Waals surface area contributed by atoms with E-state index in [1.807, 2.05) is 30.2 Å². The molecule has 0 bridgehead atoms. The summed E-state index contributed by atoms with van der Waals surface area (Å²) >= 11 is 0. The van der Waals surface area contributed by atoms with Gasteiger partial charge in [-0.3, -0.25) is 14.6 Å². The van der Waals surface area contributed by atoms with Gasteiger partial charge in [-0.2, -0.15) is 5.10 Å². The molecular weight excluding hydrogens is 479 g/mol. The number of nitrogens with zero attached hydrogens (tertiary/aromatic N) is 4. The molecule has 1 atom stereocenters. The van der Waals surface area contributed by atoms with Crippen LogP contribution >= 0.6 is 24.0 Å². The molecule has 0 aliphatic carbocycles. The molecule has 1 aliphatic rings. The third-order valence-corrected chi connectivity index (χ3v) is 4.96. The van der Waals surface area contributed by atoms with Gasteiger partial charge in [0.1, 0.15) is 0 Å². The minimum absolute atomic E-state index is 0. The largest absolute Gasteiger partial charge is 0.379 e. The van der Waals surface area contributed by atoms with Gasteiger partial charge in [0.05, 0.1) is 13.2 Å². The lowest BCUT2D eigenvalue weighted by Crippen LogP contribution is -2.40. The first kappa shape index (κ1) is 23.6. The van der Waals surface area contributed by atoms with Gasteiger partial charge in [0.25, 0.3) is 0 Å². The van der Waals surface area contributed by atoms with Crippen molar-refractivity contribution in [2.75, 3.05) is 39.9 Å². The summed E-state index contributed by atoms with van der Waals surface area (Å²) in [7, 11) is 1.81. The molecule has 0 saturated carbocycles. The molecule has 2 heterocycles. The van der Waals surface area contributed by atoms with Crippen molar-refractivity contribution in [1.82, 2.24) is 25.3 Å². The van der Waals surface area contributed by atoms with E-state index in [4.69, 9.17) is 4.74 Å². The van der Waals surface area contributed by atoms with Gasteiger partial charge < -0.3 is 15.4 Å². The van der Waals surface area contributed by atoms with Crippen molar-refractivity contribution < 1.29 is 4.74 Å². The maximum absolute atomic E-state index is 5.46. The summed E-state index contributed by atoms with van der Waals surface area (Å²) < 4.78 is 7.42. The molecular formula is C21H33IN6O. The molecule has 1 aromatic heterocycles. The van der Waals surface area contributed by atoms with Gasteiger partial charge >= 0.3 is 0 Å². The van der Waals surface area contributed by atoms with E-state index in [2.05, 4.69) is 56.8 Å². The van der Waals surface area contributed by atoms with Crippen molar-refractivity contribution in [1.29, 1.82) is 0 Å². The average Bonchev–Trinajstić information content (AvgIpc) is 3.23. The highest BCUT2D eigenvalue weighted by Gasteiger charge is 2.13. The fraction of sp³-hybridized carbons (Fsp3) is 0.524. The van der Waals surface area contributed by atoms with Gasteiger partial charge in [0, 0.05) is 58.7 Å². The third-order valence-electron chi connectivity index (χ3n) is 4.96. The number of halogens is 1. The molecule has 0 amide bonds. The van der Waals surface area contributed by atoms with E-state index < -0.39 is 0 Å². The van der Waals surface area contributed by atoms with Crippen molar-refractivity contribution in [3.05, 3.63) is 53.9 Å². The number of rotatable bonds is 8. The zero-order chi connectivity index (χ0) is 19.6. The first-order valence-electron chi connectivity index (χ1n) is 10.0. The number of benzene rings is 1. The number of nitrogens with one attached hydrogen (secondary N) is 2. The topological polar surface area (TPSA) is 66.7 Å². The Hall–Kier alpha value is -1.65. The van der Waals surface area contributed by atoms with Gasteiger partial charge in [-0.25, -0.2) is 0 Å². The third kappa shape index (κ3) is 7.94. The maximum atomic E-state index is 5.46. The number of aromatic nitrogens is 2. The first-order valence-corrected chi connectivity index (χ1v) is 10.0. The van der Waals surface area contributed by atoms with Crippen molar-refractivity contribution in [2.24, 2.45) is 10.9 Å². The molecule has 1 aromatic carbocycles. The van der Waals surface area contributed by atoms with E-state index in [0.717, 1.165) is 58.4 Å². The van der Waals surface area contributed by atoms with E-state index in [1.54, 1.807) is 0 Å². The van der Waals surface area contributed by atoms with Crippen molar-refractivity contribution >= 4 is 29.9 Å². The Balaban J connectivity index is 0.00000300.